The normalized spacial score (nSPS) is 18.5. The second-order valence-electron chi connectivity index (χ2n) is 4.40. The van der Waals surface area contributed by atoms with E-state index in [1.165, 1.54) is 0 Å². The van der Waals surface area contributed by atoms with Gasteiger partial charge in [-0.3, -0.25) is 14.9 Å². The van der Waals surface area contributed by atoms with Gasteiger partial charge in [0.2, 0.25) is 11.8 Å². The van der Waals surface area contributed by atoms with Crippen LogP contribution in [-0.4, -0.2) is 42.0 Å². The van der Waals surface area contributed by atoms with Crippen LogP contribution < -0.4 is 10.6 Å². The Morgan fingerprint density at radius 1 is 1.41 bits per heavy atom. The lowest BCUT2D eigenvalue weighted by Gasteiger charge is -2.24. The fourth-order valence-corrected chi connectivity index (χ4v) is 2.14. The number of carbonyl (C=O) groups is 2. The van der Waals surface area contributed by atoms with Gasteiger partial charge in [-0.05, 0) is 12.8 Å². The van der Waals surface area contributed by atoms with Gasteiger partial charge in [0.25, 0.3) is 0 Å². The maximum absolute atomic E-state index is 12.2. The monoisotopic (exact) mass is 241 g/mol. The van der Waals surface area contributed by atoms with Gasteiger partial charge in [-0.2, -0.15) is 0 Å². The zero-order valence-electron chi connectivity index (χ0n) is 11.0. The van der Waals surface area contributed by atoms with E-state index >= 15 is 0 Å². The molecule has 0 radical (unpaired) electrons. The van der Waals surface area contributed by atoms with Gasteiger partial charge in [-0.15, -0.1) is 0 Å². The van der Waals surface area contributed by atoms with Crippen molar-refractivity contribution in [1.29, 1.82) is 0 Å². The Morgan fingerprint density at radius 2 is 2.06 bits per heavy atom. The standard InChI is InChI=1S/C12H23N3O2/c1-4-10(16)13-7-8-15-9-14-12(5-2,6-3)11(15)17/h14H,4-9H2,1-3H3,(H,13,16). The van der Waals surface area contributed by atoms with E-state index in [0.29, 0.717) is 26.2 Å². The van der Waals surface area contributed by atoms with Crippen LogP contribution in [0.5, 0.6) is 0 Å². The van der Waals surface area contributed by atoms with E-state index in [1.807, 2.05) is 20.8 Å². The molecule has 1 rings (SSSR count). The van der Waals surface area contributed by atoms with E-state index < -0.39 is 0 Å². The van der Waals surface area contributed by atoms with Gasteiger partial charge in [0, 0.05) is 19.5 Å². The minimum Gasteiger partial charge on any atom is -0.354 e. The van der Waals surface area contributed by atoms with Crippen LogP contribution in [-0.2, 0) is 9.59 Å². The van der Waals surface area contributed by atoms with Crippen molar-refractivity contribution in [3.63, 3.8) is 0 Å². The molecule has 0 bridgehead atoms. The van der Waals surface area contributed by atoms with E-state index in [-0.39, 0.29) is 17.4 Å². The number of nitrogens with one attached hydrogen (secondary N) is 2. The van der Waals surface area contributed by atoms with E-state index in [0.717, 1.165) is 12.8 Å². The summed E-state index contributed by atoms with van der Waals surface area (Å²) in [5.41, 5.74) is -0.380. The highest BCUT2D eigenvalue weighted by Crippen LogP contribution is 2.22. The van der Waals surface area contributed by atoms with Crippen molar-refractivity contribution in [2.75, 3.05) is 19.8 Å². The topological polar surface area (TPSA) is 61.4 Å². The van der Waals surface area contributed by atoms with Crippen molar-refractivity contribution < 1.29 is 9.59 Å². The molecule has 17 heavy (non-hydrogen) atoms. The fourth-order valence-electron chi connectivity index (χ4n) is 2.14. The molecule has 0 aromatic heterocycles. The third kappa shape index (κ3) is 2.97. The van der Waals surface area contributed by atoms with Crippen molar-refractivity contribution in [3.05, 3.63) is 0 Å². The van der Waals surface area contributed by atoms with Crippen molar-refractivity contribution >= 4 is 11.8 Å². The zero-order chi connectivity index (χ0) is 12.9. The van der Waals surface area contributed by atoms with Crippen LogP contribution in [0.4, 0.5) is 0 Å². The van der Waals surface area contributed by atoms with Crippen LogP contribution in [0.3, 0.4) is 0 Å². The van der Waals surface area contributed by atoms with Crippen LogP contribution in [0, 0.1) is 0 Å². The molecule has 1 aliphatic heterocycles. The first-order chi connectivity index (χ1) is 8.09. The first-order valence-corrected chi connectivity index (χ1v) is 6.40. The SMILES string of the molecule is CCC(=O)NCCN1CNC(CC)(CC)C1=O. The Hall–Kier alpha value is -1.10. The molecule has 0 unspecified atom stereocenters. The molecule has 2 amide bonds. The molecule has 0 atom stereocenters. The summed E-state index contributed by atoms with van der Waals surface area (Å²) in [7, 11) is 0. The molecule has 0 aromatic carbocycles. The second-order valence-corrected chi connectivity index (χ2v) is 4.40. The molecule has 1 heterocycles. The molecule has 0 spiro atoms. The third-order valence-corrected chi connectivity index (χ3v) is 3.54. The van der Waals surface area contributed by atoms with Crippen molar-refractivity contribution in [1.82, 2.24) is 15.5 Å². The lowest BCUT2D eigenvalue weighted by molar-refractivity contribution is -0.133. The van der Waals surface area contributed by atoms with Crippen molar-refractivity contribution in [2.45, 2.75) is 45.6 Å². The Kier molecular flexibility index (Phi) is 4.93. The van der Waals surface area contributed by atoms with Crippen LogP contribution >= 0.6 is 0 Å². The van der Waals surface area contributed by atoms with Gasteiger partial charge in [-0.1, -0.05) is 20.8 Å². The number of carbonyl (C=O) groups excluding carboxylic acids is 2. The summed E-state index contributed by atoms with van der Waals surface area (Å²) in [5, 5.41) is 6.07. The number of amides is 2. The van der Waals surface area contributed by atoms with E-state index in [9.17, 15) is 9.59 Å². The summed E-state index contributed by atoms with van der Waals surface area (Å²) in [6, 6.07) is 0. The van der Waals surface area contributed by atoms with E-state index in [1.54, 1.807) is 4.90 Å². The molecular formula is C12H23N3O2. The Bertz CT molecular complexity index is 287. The quantitative estimate of drug-likeness (QED) is 0.710. The lowest BCUT2D eigenvalue weighted by Crippen LogP contribution is -2.46. The first kappa shape index (κ1) is 14.0. The number of rotatable bonds is 6. The predicted molar refractivity (Wildman–Crippen MR) is 66.3 cm³/mol. The number of hydrogen-bond acceptors (Lipinski definition) is 3. The summed E-state index contributed by atoms with van der Waals surface area (Å²) < 4.78 is 0. The summed E-state index contributed by atoms with van der Waals surface area (Å²) in [5.74, 6) is 0.190. The summed E-state index contributed by atoms with van der Waals surface area (Å²) in [4.78, 5) is 25.0. The summed E-state index contributed by atoms with van der Waals surface area (Å²) in [6.45, 7) is 7.57. The average molecular weight is 241 g/mol. The third-order valence-electron chi connectivity index (χ3n) is 3.54. The molecule has 0 aromatic rings. The molecule has 5 nitrogen and oxygen atoms in total. The maximum Gasteiger partial charge on any atom is 0.243 e. The Balaban J connectivity index is 2.42. The summed E-state index contributed by atoms with van der Waals surface area (Å²) >= 11 is 0. The van der Waals surface area contributed by atoms with Gasteiger partial charge >= 0.3 is 0 Å². The smallest absolute Gasteiger partial charge is 0.243 e. The predicted octanol–water partition coefficient (Wildman–Crippen LogP) is 0.461. The van der Waals surface area contributed by atoms with Gasteiger partial charge in [0.05, 0.1) is 12.2 Å². The molecule has 1 fully saturated rings. The lowest BCUT2D eigenvalue weighted by atomic mass is 9.93. The fraction of sp³-hybridized carbons (Fsp3) is 0.833. The molecule has 0 aliphatic carbocycles. The van der Waals surface area contributed by atoms with Crippen molar-refractivity contribution in [2.24, 2.45) is 0 Å². The first-order valence-electron chi connectivity index (χ1n) is 6.40. The van der Waals surface area contributed by atoms with Gasteiger partial charge in [0.1, 0.15) is 0 Å². The molecule has 98 valence electrons. The highest BCUT2D eigenvalue weighted by molar-refractivity contribution is 5.88. The van der Waals surface area contributed by atoms with Crippen LogP contribution in [0.15, 0.2) is 0 Å². The molecule has 0 saturated carbocycles. The van der Waals surface area contributed by atoms with E-state index in [2.05, 4.69) is 10.6 Å². The minimum absolute atomic E-state index is 0.0295. The number of hydrogen-bond donors (Lipinski definition) is 2. The summed E-state index contributed by atoms with van der Waals surface area (Å²) in [6.07, 6.45) is 2.10. The van der Waals surface area contributed by atoms with Gasteiger partial charge in [0.15, 0.2) is 0 Å². The highest BCUT2D eigenvalue weighted by atomic mass is 16.2. The van der Waals surface area contributed by atoms with Gasteiger partial charge in [-0.25, -0.2) is 0 Å². The maximum atomic E-state index is 12.2. The zero-order valence-corrected chi connectivity index (χ0v) is 11.0. The minimum atomic E-state index is -0.380. The largest absolute Gasteiger partial charge is 0.354 e. The molecule has 2 N–H and O–H groups in total. The highest BCUT2D eigenvalue weighted by Gasteiger charge is 2.42. The van der Waals surface area contributed by atoms with Crippen LogP contribution in [0.25, 0.3) is 0 Å². The van der Waals surface area contributed by atoms with Crippen LogP contribution in [0.2, 0.25) is 0 Å². The number of nitrogens with zero attached hydrogens (tertiary/aromatic N) is 1. The molecule has 1 aliphatic rings. The molecule has 1 saturated heterocycles. The average Bonchev–Trinajstić information content (AvgIpc) is 2.67. The Labute approximate surface area is 103 Å². The van der Waals surface area contributed by atoms with Gasteiger partial charge < -0.3 is 10.2 Å². The van der Waals surface area contributed by atoms with Crippen LogP contribution in [0.1, 0.15) is 40.0 Å². The molecule has 5 heteroatoms. The Morgan fingerprint density at radius 3 is 2.53 bits per heavy atom. The van der Waals surface area contributed by atoms with Crippen molar-refractivity contribution in [3.8, 4) is 0 Å². The second kappa shape index (κ2) is 6.00. The molecular weight excluding hydrogens is 218 g/mol. The van der Waals surface area contributed by atoms with E-state index in [4.69, 9.17) is 0 Å².